The molecule has 4 amide bonds. The Morgan fingerprint density at radius 3 is 2.27 bits per heavy atom. The van der Waals surface area contributed by atoms with Gasteiger partial charge in [0, 0.05) is 116 Å². The summed E-state index contributed by atoms with van der Waals surface area (Å²) in [5.74, 6) is 4.72. The van der Waals surface area contributed by atoms with Crippen LogP contribution in [0.15, 0.2) is 117 Å². The van der Waals surface area contributed by atoms with E-state index in [-0.39, 0.29) is 74.5 Å². The average Bonchev–Trinajstić information content (AvgIpc) is 0.846. The number of amides is 4. The van der Waals surface area contributed by atoms with Gasteiger partial charge in [0.1, 0.15) is 60.6 Å². The number of para-hydroxylation sites is 1. The van der Waals surface area contributed by atoms with Crippen molar-refractivity contribution in [3.05, 3.63) is 157 Å². The molecule has 96 heavy (non-hydrogen) atoms. The number of carbonyl (C=O) groups is 5. The molecule has 6 unspecified atom stereocenters. The number of unbranched alkanes of at least 4 members (excludes halogenated alkanes) is 1. The topological polar surface area (TPSA) is 425 Å². The zero-order chi connectivity index (χ0) is 69.2. The van der Waals surface area contributed by atoms with Crippen LogP contribution in [0.4, 0.5) is 5.69 Å². The second-order valence-electron chi connectivity index (χ2n) is 22.2. The number of hydrogen-bond donors (Lipinski definition) is 10. The minimum atomic E-state index is -5.82. The summed E-state index contributed by atoms with van der Waals surface area (Å²) in [5, 5.41) is 23.3. The molecule has 0 bridgehead atoms. The summed E-state index contributed by atoms with van der Waals surface area (Å²) >= 11 is 0. The van der Waals surface area contributed by atoms with E-state index in [1.54, 1.807) is 54.6 Å². The van der Waals surface area contributed by atoms with E-state index in [2.05, 4.69) is 46.3 Å². The molecule has 5 aromatic rings. The molecule has 10 N–H and O–H groups in total. The number of phosphoric acid groups is 3. The number of aromatic nitrogens is 2. The van der Waals surface area contributed by atoms with E-state index >= 15 is 0 Å². The fraction of sp³-hybridized carbons (Fsp3) is 0.323. The number of methoxy groups -OCH3 is 1. The van der Waals surface area contributed by atoms with Crippen LogP contribution in [0.3, 0.4) is 0 Å². The predicted molar refractivity (Wildman–Crippen MR) is 343 cm³/mol. The highest BCUT2D eigenvalue weighted by Gasteiger charge is 2.43. The van der Waals surface area contributed by atoms with Crippen molar-refractivity contribution in [2.45, 2.75) is 63.0 Å². The highest BCUT2D eigenvalue weighted by molar-refractivity contribution is 7.66. The third-order valence-electron chi connectivity index (χ3n) is 15.0. The molecule has 1 aliphatic carbocycles. The summed E-state index contributed by atoms with van der Waals surface area (Å²) in [7, 11) is -8.03. The molecule has 0 saturated carbocycles. The average molecular weight is 1390 g/mol. The summed E-state index contributed by atoms with van der Waals surface area (Å²) < 4.78 is 78.7. The van der Waals surface area contributed by atoms with Crippen molar-refractivity contribution in [1.29, 1.82) is 0 Å². The Bertz CT molecular complexity index is 4530. The van der Waals surface area contributed by atoms with E-state index < -0.39 is 89.5 Å². The van der Waals surface area contributed by atoms with Crippen LogP contribution in [-0.4, -0.2) is 144 Å². The van der Waals surface area contributed by atoms with E-state index in [4.69, 9.17) is 33.2 Å². The molecule has 31 nitrogen and oxygen atoms in total. The van der Waals surface area contributed by atoms with Crippen LogP contribution in [0.25, 0.3) is 33.4 Å². The first-order valence-corrected chi connectivity index (χ1v) is 34.1. The minimum Gasteiger partial charge on any atom is -0.493 e. The number of nitrogens with one attached hydrogen (secondary N) is 5. The Hall–Kier alpha value is -9.11. The lowest BCUT2D eigenvalue weighted by Gasteiger charge is -2.29. The Morgan fingerprint density at radius 2 is 1.52 bits per heavy atom. The predicted octanol–water partition coefficient (Wildman–Crippen LogP) is 4.29. The number of carbonyl (C=O) groups excluding carboxylic acids is 5. The summed E-state index contributed by atoms with van der Waals surface area (Å²) in [5.41, 5.74) is 3.04. The number of aromatic amines is 1. The summed E-state index contributed by atoms with van der Waals surface area (Å²) in [6.07, 6.45) is -2.96. The molecule has 3 aliphatic heterocycles. The van der Waals surface area contributed by atoms with Gasteiger partial charge in [-0.15, -0.1) is 0 Å². The molecular formula is C62H68N8O23P3+. The van der Waals surface area contributed by atoms with E-state index in [0.29, 0.717) is 58.1 Å². The van der Waals surface area contributed by atoms with Gasteiger partial charge in [-0.1, -0.05) is 36.1 Å². The van der Waals surface area contributed by atoms with Gasteiger partial charge in [-0.25, -0.2) is 27.9 Å². The van der Waals surface area contributed by atoms with Crippen LogP contribution in [0.1, 0.15) is 88.2 Å². The fourth-order valence-corrected chi connectivity index (χ4v) is 13.4. The van der Waals surface area contributed by atoms with Crippen LogP contribution < -0.4 is 56.8 Å². The number of hydrogen-bond acceptors (Lipinski definition) is 20. The van der Waals surface area contributed by atoms with Crippen LogP contribution >= 0.6 is 23.5 Å². The van der Waals surface area contributed by atoms with Gasteiger partial charge in [-0.2, -0.15) is 8.62 Å². The second-order valence-corrected chi connectivity index (χ2v) is 26.7. The SMILES string of the molecule is COC(=O)c1cc(C(=O)NCCNC(=O)CCCCOc2ccc3c(c2)Oc2ccccc2C3NC(=O)CCC(=O)NCC#Cc2cn(C3CC(O)C(COP(=O)(O)OP(=O)(O)OP(=O)(O)O)O3)c(=O)[nH]c2=O)ccc1-c1c2ccc(=[N+](C)C)cc-2oc2cc(N(C)C)ccc12. The maximum absolute atomic E-state index is 13.5. The molecule has 508 valence electrons. The molecular weight excluding hydrogens is 1320 g/mol. The Balaban J connectivity index is 0.708. The molecule has 0 radical (unpaired) electrons. The molecule has 1 fully saturated rings. The number of benzene rings is 5. The number of fused-ring (bicyclic) bond motifs is 4. The zero-order valence-electron chi connectivity index (χ0n) is 52.2. The van der Waals surface area contributed by atoms with Crippen molar-refractivity contribution in [2.24, 2.45) is 0 Å². The van der Waals surface area contributed by atoms with E-state index in [9.17, 15) is 62.2 Å². The van der Waals surface area contributed by atoms with Crippen molar-refractivity contribution in [3.63, 3.8) is 0 Å². The second kappa shape index (κ2) is 30.7. The minimum absolute atomic E-state index is 0.113. The standard InChI is InChI=1S/C62H67N8O23P3/c1-68(2)38-16-20-42-49(30-38)90-50-31-39(69(3)4)17-21-43(50)57(42)41-19-15-36(29-46(41)61(77)86-5)59(75)65-27-26-64-53(72)14-8-9-28-87-40-18-22-45-51(32-40)89-48-13-7-6-12-44(48)58(45)66-55(74)24-23-54(73)63-25-10-11-37-34-70(62(78)67-60(37)76)56-33-47(71)52(91-56)35-88-95(82,83)93-96(84,85)92-94(79,80)81/h6-7,12-13,15-22,29-32,34,47,52,56,58,71H,8-9,14,23-28,33,35H2,1-5H3,(H8-,63,64,65,66,67,72,73,74,75,76,78,79,80,81,82,83,84,85)/p+1. The zero-order valence-corrected chi connectivity index (χ0v) is 54.9. The molecule has 4 aliphatic rings. The number of rotatable bonds is 26. The van der Waals surface area contributed by atoms with Crippen molar-refractivity contribution >= 4 is 69.7 Å². The van der Waals surface area contributed by atoms with E-state index in [0.717, 1.165) is 38.3 Å². The van der Waals surface area contributed by atoms with Gasteiger partial charge in [-0.05, 0) is 66.9 Å². The number of phosphoric ester groups is 1. The van der Waals surface area contributed by atoms with Crippen molar-refractivity contribution in [3.8, 4) is 51.5 Å². The number of nitrogens with zero attached hydrogens (tertiary/aromatic N) is 3. The first-order valence-electron chi connectivity index (χ1n) is 29.6. The van der Waals surface area contributed by atoms with Crippen LogP contribution in [0, 0.1) is 11.8 Å². The van der Waals surface area contributed by atoms with Crippen molar-refractivity contribution in [1.82, 2.24) is 35.4 Å². The molecule has 0 spiro atoms. The molecule has 34 heteroatoms. The lowest BCUT2D eigenvalue weighted by atomic mass is 9.89. The molecule has 1 saturated heterocycles. The summed E-state index contributed by atoms with van der Waals surface area (Å²) in [6.45, 7) is -0.784. The van der Waals surface area contributed by atoms with Crippen LogP contribution in [0.2, 0.25) is 0 Å². The number of aliphatic hydroxyl groups is 1. The van der Waals surface area contributed by atoms with Gasteiger partial charge in [0.15, 0.2) is 0 Å². The summed E-state index contributed by atoms with van der Waals surface area (Å²) in [6, 6.07) is 28.2. The van der Waals surface area contributed by atoms with Gasteiger partial charge in [0.2, 0.25) is 23.1 Å². The van der Waals surface area contributed by atoms with Gasteiger partial charge in [-0.3, -0.25) is 38.0 Å². The maximum atomic E-state index is 13.5. The number of H-pyrrole nitrogens is 1. The highest BCUT2D eigenvalue weighted by atomic mass is 31.3. The van der Waals surface area contributed by atoms with Gasteiger partial charge in [0.25, 0.3) is 11.5 Å². The maximum Gasteiger partial charge on any atom is 0.490 e. The molecule has 9 rings (SSSR count). The third kappa shape index (κ3) is 18.3. The third-order valence-corrected chi connectivity index (χ3v) is 18.8. The number of esters is 1. The molecule has 4 heterocycles. The lowest BCUT2D eigenvalue weighted by molar-refractivity contribution is -0.126. The first-order chi connectivity index (χ1) is 45.5. The number of ether oxygens (including phenoxy) is 4. The first kappa shape index (κ1) is 71.2. The molecule has 6 atom stereocenters. The van der Waals surface area contributed by atoms with Gasteiger partial charge in [0.05, 0.1) is 50.6 Å². The van der Waals surface area contributed by atoms with Crippen LogP contribution in [0.5, 0.6) is 17.2 Å². The van der Waals surface area contributed by atoms with Gasteiger partial charge >= 0.3 is 35.1 Å². The Kier molecular flexibility index (Phi) is 22.8. The Labute approximate surface area is 546 Å². The number of aliphatic hydroxyl groups excluding tert-OH is 1. The van der Waals surface area contributed by atoms with E-state index in [1.165, 1.54) is 13.2 Å². The Morgan fingerprint density at radius 1 is 0.792 bits per heavy atom. The van der Waals surface area contributed by atoms with Crippen LogP contribution in [-0.2, 0) is 50.7 Å². The summed E-state index contributed by atoms with van der Waals surface area (Å²) in [4.78, 5) is 132. The highest BCUT2D eigenvalue weighted by Crippen LogP contribution is 2.66. The number of anilines is 1. The smallest absolute Gasteiger partial charge is 0.490 e. The lowest BCUT2D eigenvalue weighted by Crippen LogP contribution is -2.34. The van der Waals surface area contributed by atoms with Gasteiger partial charge < -0.3 is 74.2 Å². The van der Waals surface area contributed by atoms with E-state index in [1.807, 2.05) is 79.0 Å². The monoisotopic (exact) mass is 1390 g/mol. The molecule has 4 aromatic carbocycles. The molecule has 1 aromatic heterocycles. The van der Waals surface area contributed by atoms with Crippen molar-refractivity contribution in [2.75, 3.05) is 73.0 Å². The quantitative estimate of drug-likeness (QED) is 0.00903. The van der Waals surface area contributed by atoms with Crippen molar-refractivity contribution < 1.29 is 98.9 Å². The normalized spacial score (nSPS) is 16.9. The fourth-order valence-electron chi connectivity index (χ4n) is 10.4. The largest absolute Gasteiger partial charge is 0.493 e.